The molecule has 0 unspecified atom stereocenters. The maximum atomic E-state index is 6.64. The lowest BCUT2D eigenvalue weighted by Gasteiger charge is -2.50. The highest BCUT2D eigenvalue weighted by molar-refractivity contribution is 5.81. The molecule has 0 saturated carbocycles. The smallest absolute Gasteiger partial charge is 0.164 e. The Morgan fingerprint density at radius 1 is 0.434 bits per heavy atom. The van der Waals surface area contributed by atoms with Gasteiger partial charge in [-0.25, -0.2) is 15.0 Å². The van der Waals surface area contributed by atoms with Crippen molar-refractivity contribution in [2.75, 3.05) is 0 Å². The quantitative estimate of drug-likeness (QED) is 0.185. The zero-order valence-electron chi connectivity index (χ0n) is 29.4. The summed E-state index contributed by atoms with van der Waals surface area (Å²) in [5, 5.41) is 0. The maximum absolute atomic E-state index is 6.64. The van der Waals surface area contributed by atoms with Gasteiger partial charge in [-0.1, -0.05) is 147 Å². The van der Waals surface area contributed by atoms with Crippen LogP contribution in [0.1, 0.15) is 47.2 Å². The van der Waals surface area contributed by atoms with Gasteiger partial charge >= 0.3 is 0 Å². The van der Waals surface area contributed by atoms with E-state index < -0.39 is 10.8 Å². The molecule has 0 bridgehead atoms. The third-order valence-corrected chi connectivity index (χ3v) is 10.9. The third kappa shape index (κ3) is 4.70. The lowest BCUT2D eigenvalue weighted by Crippen LogP contribution is -2.43. The molecule has 5 nitrogen and oxygen atoms in total. The largest absolute Gasteiger partial charge is 0.457 e. The molecule has 0 N–H and O–H groups in total. The predicted octanol–water partition coefficient (Wildman–Crippen LogP) is 11.1. The lowest BCUT2D eigenvalue weighted by atomic mass is 9.53. The molecule has 3 heterocycles. The van der Waals surface area contributed by atoms with E-state index >= 15 is 0 Å². The van der Waals surface area contributed by atoms with Crippen LogP contribution < -0.4 is 4.74 Å². The normalized spacial score (nSPS) is 14.3. The lowest BCUT2D eigenvalue weighted by molar-refractivity contribution is 0.425. The van der Waals surface area contributed by atoms with E-state index in [1.807, 2.05) is 48.7 Å². The second-order valence-corrected chi connectivity index (χ2v) is 14.2. The van der Waals surface area contributed by atoms with E-state index in [0.29, 0.717) is 17.5 Å². The molecule has 10 rings (SSSR count). The van der Waals surface area contributed by atoms with Crippen molar-refractivity contribution in [1.82, 2.24) is 19.9 Å². The fourth-order valence-electron chi connectivity index (χ4n) is 8.63. The number of para-hydroxylation sites is 2. The van der Waals surface area contributed by atoms with E-state index in [9.17, 15) is 0 Å². The van der Waals surface area contributed by atoms with Gasteiger partial charge in [-0.15, -0.1) is 0 Å². The molecular weight excluding hydrogens is 649 g/mol. The van der Waals surface area contributed by atoms with Crippen LogP contribution in [0.15, 0.2) is 170 Å². The summed E-state index contributed by atoms with van der Waals surface area (Å²) in [4.78, 5) is 20.3. The minimum Gasteiger partial charge on any atom is -0.457 e. The Balaban J connectivity index is 1.28. The molecule has 0 amide bonds. The van der Waals surface area contributed by atoms with Gasteiger partial charge in [0.05, 0.1) is 11.1 Å². The van der Waals surface area contributed by atoms with E-state index in [1.165, 1.54) is 22.3 Å². The Hall–Kier alpha value is -6.72. The zero-order chi connectivity index (χ0) is 35.6. The fourth-order valence-corrected chi connectivity index (χ4v) is 8.63. The van der Waals surface area contributed by atoms with Gasteiger partial charge in [-0.3, -0.25) is 4.98 Å². The standard InChI is InChI=1S/C48H34N4O/c1-47(2)35-21-6-7-22-36(35)48(37-23-8-10-27-41(37)53-42-28-11-9-24-38(42)48)39-25-15-20-34(43(39)47)46-51-44(31-16-4-3-5-17-31)50-45(52-46)33-19-14-18-32(30-33)40-26-12-13-29-49-40/h3-30H,1-2H3. The van der Waals surface area contributed by atoms with Crippen molar-refractivity contribution in [1.29, 1.82) is 0 Å². The molecule has 2 aliphatic rings. The van der Waals surface area contributed by atoms with Gasteiger partial charge in [0.1, 0.15) is 11.5 Å². The van der Waals surface area contributed by atoms with E-state index in [4.69, 9.17) is 19.7 Å². The summed E-state index contributed by atoms with van der Waals surface area (Å²) < 4.78 is 6.64. The molecule has 0 atom stereocenters. The first-order chi connectivity index (χ1) is 26.0. The number of hydrogen-bond donors (Lipinski definition) is 0. The number of fused-ring (bicyclic) bond motifs is 8. The molecule has 252 valence electrons. The van der Waals surface area contributed by atoms with Crippen LogP contribution in [0, 0.1) is 0 Å². The van der Waals surface area contributed by atoms with Crippen molar-refractivity contribution in [3.63, 3.8) is 0 Å². The molecule has 1 spiro atoms. The summed E-state index contributed by atoms with van der Waals surface area (Å²) in [5.74, 6) is 3.58. The van der Waals surface area contributed by atoms with Crippen LogP contribution in [-0.2, 0) is 10.8 Å². The molecule has 0 saturated heterocycles. The van der Waals surface area contributed by atoms with Crippen molar-refractivity contribution >= 4 is 0 Å². The van der Waals surface area contributed by atoms with Crippen LogP contribution >= 0.6 is 0 Å². The number of nitrogens with zero attached hydrogens (tertiary/aromatic N) is 4. The van der Waals surface area contributed by atoms with Crippen LogP contribution in [0.3, 0.4) is 0 Å². The first-order valence-corrected chi connectivity index (χ1v) is 18.0. The van der Waals surface area contributed by atoms with E-state index in [-0.39, 0.29) is 0 Å². The first-order valence-electron chi connectivity index (χ1n) is 18.0. The fraction of sp³-hybridized carbons (Fsp3) is 0.0833. The average molecular weight is 683 g/mol. The maximum Gasteiger partial charge on any atom is 0.164 e. The van der Waals surface area contributed by atoms with Gasteiger partial charge < -0.3 is 4.74 Å². The van der Waals surface area contributed by atoms with Gasteiger partial charge in [0.25, 0.3) is 0 Å². The Labute approximate surface area is 308 Å². The molecule has 1 aliphatic heterocycles. The number of benzene rings is 6. The zero-order valence-corrected chi connectivity index (χ0v) is 29.4. The number of rotatable bonds is 4. The highest BCUT2D eigenvalue weighted by atomic mass is 16.5. The molecule has 8 aromatic rings. The Morgan fingerprint density at radius 3 is 1.70 bits per heavy atom. The Kier molecular flexibility index (Phi) is 6.99. The molecular formula is C48H34N4O. The molecule has 6 aromatic carbocycles. The van der Waals surface area contributed by atoms with E-state index in [0.717, 1.165) is 50.6 Å². The summed E-state index contributed by atoms with van der Waals surface area (Å²) >= 11 is 0. The van der Waals surface area contributed by atoms with Crippen LogP contribution in [0.4, 0.5) is 0 Å². The van der Waals surface area contributed by atoms with Crippen molar-refractivity contribution in [2.24, 2.45) is 0 Å². The third-order valence-electron chi connectivity index (χ3n) is 10.9. The van der Waals surface area contributed by atoms with Gasteiger partial charge in [-0.05, 0) is 52.6 Å². The van der Waals surface area contributed by atoms with Crippen molar-refractivity contribution in [3.8, 4) is 56.9 Å². The summed E-state index contributed by atoms with van der Waals surface area (Å²) in [6.07, 6.45) is 1.82. The molecule has 0 fully saturated rings. The summed E-state index contributed by atoms with van der Waals surface area (Å²) in [5.41, 5.74) is 10.8. The number of pyridine rings is 1. The van der Waals surface area contributed by atoms with Gasteiger partial charge in [0.15, 0.2) is 17.5 Å². The molecule has 0 radical (unpaired) electrons. The van der Waals surface area contributed by atoms with Crippen LogP contribution in [0.2, 0.25) is 0 Å². The van der Waals surface area contributed by atoms with E-state index in [2.05, 4.69) is 140 Å². The van der Waals surface area contributed by atoms with Gasteiger partial charge in [-0.2, -0.15) is 0 Å². The monoisotopic (exact) mass is 682 g/mol. The van der Waals surface area contributed by atoms with Crippen LogP contribution in [0.5, 0.6) is 11.5 Å². The first kappa shape index (κ1) is 31.1. The summed E-state index contributed by atoms with van der Waals surface area (Å²) in [7, 11) is 0. The van der Waals surface area contributed by atoms with Gasteiger partial charge in [0, 0.05) is 45.0 Å². The van der Waals surface area contributed by atoms with Crippen molar-refractivity contribution in [3.05, 3.63) is 203 Å². The Morgan fingerprint density at radius 2 is 0.981 bits per heavy atom. The van der Waals surface area contributed by atoms with Gasteiger partial charge in [0.2, 0.25) is 0 Å². The average Bonchev–Trinajstić information content (AvgIpc) is 3.23. The minimum absolute atomic E-state index is 0.408. The molecule has 5 heteroatoms. The second-order valence-electron chi connectivity index (χ2n) is 14.2. The number of ether oxygens (including phenoxy) is 1. The highest BCUT2D eigenvalue weighted by Crippen LogP contribution is 2.62. The minimum atomic E-state index is -0.641. The van der Waals surface area contributed by atoms with E-state index in [1.54, 1.807) is 0 Å². The van der Waals surface area contributed by atoms with Crippen molar-refractivity contribution in [2.45, 2.75) is 24.7 Å². The topological polar surface area (TPSA) is 60.8 Å². The molecule has 1 aliphatic carbocycles. The molecule has 2 aromatic heterocycles. The second kappa shape index (κ2) is 11.9. The SMILES string of the molecule is CC1(C)c2ccccc2C2(c3ccccc3Oc3ccccc32)c2cccc(-c3nc(-c4ccccc4)nc(-c4cccc(-c5ccccn5)c4)n3)c21. The van der Waals surface area contributed by atoms with Crippen molar-refractivity contribution < 1.29 is 4.74 Å². The van der Waals surface area contributed by atoms with Crippen LogP contribution in [0.25, 0.3) is 45.4 Å². The number of aromatic nitrogens is 4. The highest BCUT2D eigenvalue weighted by Gasteiger charge is 2.53. The molecule has 53 heavy (non-hydrogen) atoms. The number of hydrogen-bond acceptors (Lipinski definition) is 5. The Bertz CT molecular complexity index is 2640. The van der Waals surface area contributed by atoms with Crippen LogP contribution in [-0.4, -0.2) is 19.9 Å². The predicted molar refractivity (Wildman–Crippen MR) is 210 cm³/mol. The summed E-state index contributed by atoms with van der Waals surface area (Å²) in [6.45, 7) is 4.66. The summed E-state index contributed by atoms with van der Waals surface area (Å²) in [6, 6.07) is 56.9.